The molecule has 2 N–H and O–H groups in total. The number of carboxylic acid groups (broad SMARTS) is 1. The van der Waals surface area contributed by atoms with Gasteiger partial charge in [-0.15, -0.1) is 0 Å². The molecule has 0 saturated heterocycles. The fraction of sp³-hybridized carbons (Fsp3) is 0.833. The van der Waals surface area contributed by atoms with Crippen molar-refractivity contribution in [2.75, 3.05) is 6.61 Å². The molecular weight excluding hydrogens is 576 g/mol. The van der Waals surface area contributed by atoms with Crippen molar-refractivity contribution < 1.29 is 43.6 Å². The third-order valence-electron chi connectivity index (χ3n) is 14.2. The van der Waals surface area contributed by atoms with Gasteiger partial charge in [-0.2, -0.15) is 0 Å². The standard InChI is InChI=1S/C36H54O9/c1-20(37)43-19-33(7)25-12-13-35(9)26(32(25,6)18-24(44-21(2)38)29(33)45-22(3)39)11-10-23-27-28(40)31(4,5)14-16-36(27,30(41)42)17-15-34(23,35)8/h10,24-29,40H,11-19H2,1-9H3,(H,41,42)/t24-,25-,26-,27-,28+,29+,32+,33-,34-,35-,36+/m1/s1. The lowest BCUT2D eigenvalue weighted by molar-refractivity contribution is -0.257. The molecular formula is C36H54O9. The first kappa shape index (κ1) is 33.9. The number of carboxylic acids is 1. The van der Waals surface area contributed by atoms with Gasteiger partial charge in [-0.05, 0) is 84.9 Å². The van der Waals surface area contributed by atoms with Gasteiger partial charge in [-0.1, -0.05) is 53.2 Å². The Morgan fingerprint density at radius 1 is 0.844 bits per heavy atom. The van der Waals surface area contributed by atoms with Crippen LogP contribution in [0.25, 0.3) is 0 Å². The van der Waals surface area contributed by atoms with Gasteiger partial charge < -0.3 is 24.4 Å². The minimum absolute atomic E-state index is 0.0157. The van der Waals surface area contributed by atoms with Crippen LogP contribution in [-0.4, -0.2) is 59.0 Å². The Bertz CT molecular complexity index is 1300. The molecule has 5 aliphatic rings. The average Bonchev–Trinajstić information content (AvgIpc) is 2.91. The molecule has 0 aromatic rings. The van der Waals surface area contributed by atoms with Crippen LogP contribution in [-0.2, 0) is 33.4 Å². The summed E-state index contributed by atoms with van der Waals surface area (Å²) in [6, 6.07) is 0. The third-order valence-corrected chi connectivity index (χ3v) is 14.2. The average molecular weight is 631 g/mol. The largest absolute Gasteiger partial charge is 0.481 e. The lowest BCUT2D eigenvalue weighted by atomic mass is 9.33. The van der Waals surface area contributed by atoms with Crippen molar-refractivity contribution in [2.24, 2.45) is 50.2 Å². The highest BCUT2D eigenvalue weighted by Crippen LogP contribution is 2.76. The lowest BCUT2D eigenvalue weighted by Gasteiger charge is -2.72. The molecule has 0 aromatic heterocycles. The topological polar surface area (TPSA) is 136 Å². The Labute approximate surface area is 267 Å². The molecule has 0 aliphatic heterocycles. The van der Waals surface area contributed by atoms with Crippen LogP contribution in [0.15, 0.2) is 11.6 Å². The number of esters is 3. The highest BCUT2D eigenvalue weighted by molar-refractivity contribution is 5.77. The molecule has 0 aromatic carbocycles. The molecule has 5 rings (SSSR count). The summed E-state index contributed by atoms with van der Waals surface area (Å²) in [4.78, 5) is 50.0. The van der Waals surface area contributed by atoms with Crippen molar-refractivity contribution in [1.82, 2.24) is 0 Å². The minimum Gasteiger partial charge on any atom is -0.481 e. The van der Waals surface area contributed by atoms with Gasteiger partial charge in [0.25, 0.3) is 0 Å². The molecule has 252 valence electrons. The highest BCUT2D eigenvalue weighted by atomic mass is 16.6. The predicted octanol–water partition coefficient (Wildman–Crippen LogP) is 5.86. The number of fused-ring (bicyclic) bond motifs is 7. The number of allylic oxidation sites excluding steroid dienone is 1. The maximum absolute atomic E-state index is 13.0. The van der Waals surface area contributed by atoms with Gasteiger partial charge in [0.05, 0.1) is 11.5 Å². The molecule has 0 radical (unpaired) electrons. The van der Waals surface area contributed by atoms with Gasteiger partial charge in [0.1, 0.15) is 18.8 Å². The van der Waals surface area contributed by atoms with Crippen LogP contribution in [0, 0.1) is 50.2 Å². The molecule has 9 nitrogen and oxygen atoms in total. The molecule has 11 atom stereocenters. The van der Waals surface area contributed by atoms with E-state index in [-0.39, 0.29) is 29.3 Å². The number of aliphatic carboxylic acids is 1. The van der Waals surface area contributed by atoms with Crippen molar-refractivity contribution in [3.05, 3.63) is 11.6 Å². The van der Waals surface area contributed by atoms with Crippen molar-refractivity contribution >= 4 is 23.9 Å². The van der Waals surface area contributed by atoms with Gasteiger partial charge in [0.2, 0.25) is 0 Å². The molecule has 0 amide bonds. The van der Waals surface area contributed by atoms with Gasteiger partial charge in [-0.25, -0.2) is 0 Å². The van der Waals surface area contributed by atoms with E-state index in [4.69, 9.17) is 14.2 Å². The second-order valence-electron chi connectivity index (χ2n) is 16.8. The monoisotopic (exact) mass is 630 g/mol. The van der Waals surface area contributed by atoms with E-state index in [1.54, 1.807) is 0 Å². The second kappa shape index (κ2) is 10.8. The third kappa shape index (κ3) is 4.79. The maximum Gasteiger partial charge on any atom is 0.310 e. The summed E-state index contributed by atoms with van der Waals surface area (Å²) in [5.41, 5.74) is -2.07. The van der Waals surface area contributed by atoms with E-state index < -0.39 is 69.8 Å². The van der Waals surface area contributed by atoms with E-state index in [9.17, 15) is 29.4 Å². The Morgan fingerprint density at radius 2 is 1.47 bits per heavy atom. The second-order valence-corrected chi connectivity index (χ2v) is 16.8. The molecule has 0 unspecified atom stereocenters. The van der Waals surface area contributed by atoms with E-state index in [0.29, 0.717) is 32.1 Å². The van der Waals surface area contributed by atoms with E-state index in [0.717, 1.165) is 24.8 Å². The van der Waals surface area contributed by atoms with E-state index in [2.05, 4.69) is 40.7 Å². The zero-order valence-electron chi connectivity index (χ0n) is 28.7. The van der Waals surface area contributed by atoms with Crippen LogP contribution in [0.5, 0.6) is 0 Å². The molecule has 45 heavy (non-hydrogen) atoms. The molecule has 4 saturated carbocycles. The van der Waals surface area contributed by atoms with Crippen LogP contribution in [0.3, 0.4) is 0 Å². The van der Waals surface area contributed by atoms with Crippen LogP contribution < -0.4 is 0 Å². The normalized spacial score (nSPS) is 46.6. The summed E-state index contributed by atoms with van der Waals surface area (Å²) in [5, 5.41) is 22.5. The van der Waals surface area contributed by atoms with Crippen LogP contribution in [0.4, 0.5) is 0 Å². The number of carbonyl (C=O) groups excluding carboxylic acids is 3. The van der Waals surface area contributed by atoms with E-state index >= 15 is 0 Å². The first-order chi connectivity index (χ1) is 20.7. The summed E-state index contributed by atoms with van der Waals surface area (Å²) in [5.74, 6) is -2.52. The summed E-state index contributed by atoms with van der Waals surface area (Å²) in [6.07, 6.45) is 5.26. The number of aliphatic hydroxyl groups is 1. The first-order valence-corrected chi connectivity index (χ1v) is 16.8. The van der Waals surface area contributed by atoms with Gasteiger partial charge in [0, 0.05) is 32.1 Å². The van der Waals surface area contributed by atoms with Crippen molar-refractivity contribution in [1.29, 1.82) is 0 Å². The van der Waals surface area contributed by atoms with Crippen LogP contribution >= 0.6 is 0 Å². The Hall–Kier alpha value is -2.42. The molecule has 0 bridgehead atoms. The number of ether oxygens (including phenoxy) is 3. The number of rotatable bonds is 5. The lowest BCUT2D eigenvalue weighted by Crippen LogP contribution is -2.69. The first-order valence-electron chi connectivity index (χ1n) is 16.8. The number of carbonyl (C=O) groups is 4. The van der Waals surface area contributed by atoms with Crippen molar-refractivity contribution in [3.63, 3.8) is 0 Å². The fourth-order valence-corrected chi connectivity index (χ4v) is 11.7. The van der Waals surface area contributed by atoms with E-state index in [1.165, 1.54) is 20.8 Å². The predicted molar refractivity (Wildman–Crippen MR) is 166 cm³/mol. The van der Waals surface area contributed by atoms with Gasteiger partial charge in [-0.3, -0.25) is 19.2 Å². The summed E-state index contributed by atoms with van der Waals surface area (Å²) in [7, 11) is 0. The van der Waals surface area contributed by atoms with E-state index in [1.807, 2.05) is 6.92 Å². The Balaban J connectivity index is 1.64. The number of hydrogen-bond acceptors (Lipinski definition) is 8. The summed E-state index contributed by atoms with van der Waals surface area (Å²) >= 11 is 0. The summed E-state index contributed by atoms with van der Waals surface area (Å²) < 4.78 is 17.5. The number of hydrogen-bond donors (Lipinski definition) is 2. The SMILES string of the molecule is CC(=O)OC[C@]1(C)[C@@H]2CC[C@]3(C)[C@H](CC=C4[C@@H]5[C@H](O)C(C)(C)CC[C@]5(C(=O)O)CC[C@]43C)[C@@]2(C)C[C@@H](OC(C)=O)[C@@H]1OC(C)=O. The summed E-state index contributed by atoms with van der Waals surface area (Å²) in [6.45, 7) is 17.1. The molecule has 4 fully saturated rings. The Kier molecular flexibility index (Phi) is 8.15. The molecule has 9 heteroatoms. The van der Waals surface area contributed by atoms with Crippen molar-refractivity contribution in [2.45, 2.75) is 132 Å². The molecule has 0 spiro atoms. The smallest absolute Gasteiger partial charge is 0.310 e. The van der Waals surface area contributed by atoms with Crippen molar-refractivity contribution in [3.8, 4) is 0 Å². The van der Waals surface area contributed by atoms with Crippen LogP contribution in [0.1, 0.15) is 114 Å². The quantitative estimate of drug-likeness (QED) is 0.217. The fourth-order valence-electron chi connectivity index (χ4n) is 11.7. The van der Waals surface area contributed by atoms with Gasteiger partial charge in [0.15, 0.2) is 0 Å². The Morgan fingerprint density at radius 3 is 2.04 bits per heavy atom. The van der Waals surface area contributed by atoms with Crippen LogP contribution in [0.2, 0.25) is 0 Å². The van der Waals surface area contributed by atoms with Gasteiger partial charge >= 0.3 is 23.9 Å². The maximum atomic E-state index is 13.0. The highest BCUT2D eigenvalue weighted by Gasteiger charge is 2.72. The zero-order valence-corrected chi connectivity index (χ0v) is 28.7. The molecule has 5 aliphatic carbocycles. The molecule has 0 heterocycles. The minimum atomic E-state index is -0.976. The number of aliphatic hydroxyl groups excluding tert-OH is 1. The zero-order chi connectivity index (χ0) is 33.5.